The average Bonchev–Trinajstić information content (AvgIpc) is 2.37. The predicted molar refractivity (Wildman–Crippen MR) is 75.8 cm³/mol. The van der Waals surface area contributed by atoms with Gasteiger partial charge in [0.1, 0.15) is 11.6 Å². The molecule has 0 aromatic rings. The van der Waals surface area contributed by atoms with E-state index in [0.29, 0.717) is 4.90 Å². The van der Waals surface area contributed by atoms with Crippen LogP contribution >= 0.6 is 0 Å². The second-order valence-corrected chi connectivity index (χ2v) is 5.30. The van der Waals surface area contributed by atoms with Gasteiger partial charge in [-0.05, 0) is 41.5 Å². The van der Waals surface area contributed by atoms with Gasteiger partial charge in [-0.3, -0.25) is 4.79 Å². The molecule has 8 heteroatoms. The average molecular weight is 317 g/mol. The molecule has 8 nitrogen and oxygen atoms in total. The molecule has 0 aromatic heterocycles. The highest BCUT2D eigenvalue weighted by Crippen LogP contribution is 2.13. The van der Waals surface area contributed by atoms with Crippen molar-refractivity contribution in [2.45, 2.75) is 53.2 Å². The van der Waals surface area contributed by atoms with Crippen LogP contribution in [0.5, 0.6) is 0 Å². The quantitative estimate of drug-likeness (QED) is 0.437. The fraction of sp³-hybridized carbons (Fsp3) is 0.714. The first kappa shape index (κ1) is 19.9. The summed E-state index contributed by atoms with van der Waals surface area (Å²) in [5.41, 5.74) is -0.904. The second-order valence-electron chi connectivity index (χ2n) is 5.30. The number of imide groups is 1. The first-order valence-electron chi connectivity index (χ1n) is 6.95. The Morgan fingerprint density at radius 1 is 1.00 bits per heavy atom. The molecular weight excluding hydrogens is 294 g/mol. The van der Waals surface area contributed by atoms with Crippen molar-refractivity contribution in [2.24, 2.45) is 0 Å². The van der Waals surface area contributed by atoms with Crippen molar-refractivity contribution in [3.05, 3.63) is 0 Å². The maximum atomic E-state index is 12.1. The fourth-order valence-corrected chi connectivity index (χ4v) is 1.39. The molecule has 0 heterocycles. The van der Waals surface area contributed by atoms with Crippen LogP contribution in [-0.4, -0.2) is 53.7 Å². The topological polar surface area (TPSA) is 99.2 Å². The normalized spacial score (nSPS) is 12.1. The fourth-order valence-electron chi connectivity index (χ4n) is 1.39. The zero-order valence-corrected chi connectivity index (χ0v) is 13.8. The highest BCUT2D eigenvalue weighted by atomic mass is 16.6. The summed E-state index contributed by atoms with van der Waals surface area (Å²) in [6, 6.07) is -1.31. The molecule has 0 aliphatic carbocycles. The third kappa shape index (κ3) is 6.11. The van der Waals surface area contributed by atoms with Gasteiger partial charge >= 0.3 is 23.9 Å². The van der Waals surface area contributed by atoms with E-state index >= 15 is 0 Å². The summed E-state index contributed by atoms with van der Waals surface area (Å²) in [5, 5.41) is 0. The van der Waals surface area contributed by atoms with E-state index in [4.69, 9.17) is 9.47 Å². The van der Waals surface area contributed by atoms with E-state index in [9.17, 15) is 19.2 Å². The first-order valence-corrected chi connectivity index (χ1v) is 6.95. The largest absolute Gasteiger partial charge is 0.464 e. The monoisotopic (exact) mass is 317 g/mol. The standard InChI is InChI=1S/C14H23NO7/c1-7-20-11(17)9(3)15(10(16)12(18)21-8-2)13(19)22-14(4,5)6/h9H,7-8H2,1-6H3/t9-/m0/s1. The van der Waals surface area contributed by atoms with E-state index < -0.39 is 35.6 Å². The summed E-state index contributed by atoms with van der Waals surface area (Å²) >= 11 is 0. The number of carbonyl (C=O) groups excluding carboxylic acids is 4. The molecular formula is C14H23NO7. The maximum Gasteiger partial charge on any atom is 0.418 e. The molecule has 0 rings (SSSR count). The number of nitrogens with zero attached hydrogens (tertiary/aromatic N) is 1. The number of amides is 2. The minimum absolute atomic E-state index is 0.0412. The summed E-state index contributed by atoms with van der Waals surface area (Å²) in [5.74, 6) is -3.35. The number of hydrogen-bond acceptors (Lipinski definition) is 7. The number of esters is 2. The summed E-state index contributed by atoms with van der Waals surface area (Å²) in [6.07, 6.45) is -1.12. The lowest BCUT2D eigenvalue weighted by Crippen LogP contribution is -2.52. The van der Waals surface area contributed by atoms with E-state index in [1.54, 1.807) is 27.7 Å². The van der Waals surface area contributed by atoms with Crippen molar-refractivity contribution in [1.82, 2.24) is 4.90 Å². The molecule has 0 aromatic carbocycles. The lowest BCUT2D eigenvalue weighted by atomic mass is 10.2. The van der Waals surface area contributed by atoms with Gasteiger partial charge < -0.3 is 14.2 Å². The Hall–Kier alpha value is -2.12. The molecule has 0 radical (unpaired) electrons. The molecule has 0 aliphatic rings. The van der Waals surface area contributed by atoms with E-state index in [2.05, 4.69) is 4.74 Å². The van der Waals surface area contributed by atoms with E-state index in [-0.39, 0.29) is 13.2 Å². The van der Waals surface area contributed by atoms with Crippen LogP contribution in [0.15, 0.2) is 0 Å². The minimum atomic E-state index is -1.31. The number of ether oxygens (including phenoxy) is 3. The summed E-state index contributed by atoms with van der Waals surface area (Å²) in [6.45, 7) is 9.15. The van der Waals surface area contributed by atoms with Crippen molar-refractivity contribution < 1.29 is 33.4 Å². The molecule has 126 valence electrons. The van der Waals surface area contributed by atoms with E-state index in [1.165, 1.54) is 13.8 Å². The van der Waals surface area contributed by atoms with E-state index in [0.717, 1.165) is 0 Å². The summed E-state index contributed by atoms with van der Waals surface area (Å²) < 4.78 is 14.4. The third-order valence-corrected chi connectivity index (χ3v) is 2.27. The minimum Gasteiger partial charge on any atom is -0.464 e. The molecule has 22 heavy (non-hydrogen) atoms. The highest BCUT2D eigenvalue weighted by Gasteiger charge is 2.39. The second kappa shape index (κ2) is 8.35. The molecule has 0 aliphatic heterocycles. The molecule has 0 bridgehead atoms. The van der Waals surface area contributed by atoms with Gasteiger partial charge in [0.2, 0.25) is 0 Å². The van der Waals surface area contributed by atoms with Crippen LogP contribution in [0.4, 0.5) is 4.79 Å². The van der Waals surface area contributed by atoms with Crippen molar-refractivity contribution >= 4 is 23.9 Å². The maximum absolute atomic E-state index is 12.1. The van der Waals surface area contributed by atoms with Crippen molar-refractivity contribution in [1.29, 1.82) is 0 Å². The van der Waals surface area contributed by atoms with Crippen molar-refractivity contribution in [2.75, 3.05) is 13.2 Å². The molecule has 0 saturated heterocycles. The number of hydrogen-bond donors (Lipinski definition) is 0. The molecule has 0 unspecified atom stereocenters. The van der Waals surface area contributed by atoms with Gasteiger partial charge in [0, 0.05) is 0 Å². The zero-order chi connectivity index (χ0) is 17.5. The van der Waals surface area contributed by atoms with Crippen molar-refractivity contribution in [3.8, 4) is 0 Å². The smallest absolute Gasteiger partial charge is 0.418 e. The van der Waals surface area contributed by atoms with Crippen LogP contribution < -0.4 is 0 Å². The summed E-state index contributed by atoms with van der Waals surface area (Å²) in [7, 11) is 0. The Morgan fingerprint density at radius 3 is 1.91 bits per heavy atom. The number of rotatable bonds is 4. The zero-order valence-electron chi connectivity index (χ0n) is 13.8. The Morgan fingerprint density at radius 2 is 1.50 bits per heavy atom. The molecule has 0 N–H and O–H groups in total. The lowest BCUT2D eigenvalue weighted by molar-refractivity contribution is -0.164. The third-order valence-electron chi connectivity index (χ3n) is 2.27. The Balaban J connectivity index is 5.39. The van der Waals surface area contributed by atoms with Crippen LogP contribution in [0.3, 0.4) is 0 Å². The van der Waals surface area contributed by atoms with Gasteiger partial charge in [-0.2, -0.15) is 0 Å². The Kier molecular flexibility index (Phi) is 7.55. The van der Waals surface area contributed by atoms with Gasteiger partial charge in [-0.1, -0.05) is 0 Å². The van der Waals surface area contributed by atoms with Crippen LogP contribution in [0.2, 0.25) is 0 Å². The Bertz CT molecular complexity index is 439. The first-order chi connectivity index (χ1) is 10.0. The predicted octanol–water partition coefficient (Wildman–Crippen LogP) is 1.26. The van der Waals surface area contributed by atoms with Gasteiger partial charge in [-0.25, -0.2) is 19.3 Å². The van der Waals surface area contributed by atoms with Crippen LogP contribution in [0.1, 0.15) is 41.5 Å². The van der Waals surface area contributed by atoms with E-state index in [1.807, 2.05) is 0 Å². The van der Waals surface area contributed by atoms with Gasteiger partial charge in [0.25, 0.3) is 0 Å². The van der Waals surface area contributed by atoms with Crippen LogP contribution in [0.25, 0.3) is 0 Å². The van der Waals surface area contributed by atoms with Crippen LogP contribution in [-0.2, 0) is 28.6 Å². The Labute approximate surface area is 129 Å². The molecule has 0 spiro atoms. The molecule has 0 saturated carbocycles. The molecule has 1 atom stereocenters. The number of carbonyl (C=O) groups is 4. The van der Waals surface area contributed by atoms with Gasteiger partial charge in [-0.15, -0.1) is 0 Å². The van der Waals surface area contributed by atoms with Gasteiger partial charge in [0.05, 0.1) is 13.2 Å². The molecule has 2 amide bonds. The lowest BCUT2D eigenvalue weighted by Gasteiger charge is -2.28. The SMILES string of the molecule is CCOC(=O)C(=O)N(C(=O)OC(C)(C)C)[C@@H](C)C(=O)OCC. The van der Waals surface area contributed by atoms with Gasteiger partial charge in [0.15, 0.2) is 0 Å². The summed E-state index contributed by atoms with van der Waals surface area (Å²) in [4.78, 5) is 47.9. The molecule has 0 fully saturated rings. The highest BCUT2D eigenvalue weighted by molar-refractivity contribution is 6.35. The van der Waals surface area contributed by atoms with Crippen LogP contribution in [0, 0.1) is 0 Å². The van der Waals surface area contributed by atoms with Crippen molar-refractivity contribution in [3.63, 3.8) is 0 Å².